The zero-order chi connectivity index (χ0) is 17.6. The van der Waals surface area contributed by atoms with E-state index in [-0.39, 0.29) is 18.4 Å². The fraction of sp³-hybridized carbons (Fsp3) is 0.421. The number of carbonyl (C=O) groups excluding carboxylic acids is 2. The topological polar surface area (TPSA) is 58.4 Å². The first-order valence-electron chi connectivity index (χ1n) is 8.74. The van der Waals surface area contributed by atoms with Crippen LogP contribution in [0.2, 0.25) is 0 Å². The minimum atomic E-state index is -0.0392. The molecule has 2 aromatic rings. The summed E-state index contributed by atoms with van der Waals surface area (Å²) in [5.41, 5.74) is 1.94. The van der Waals surface area contributed by atoms with Crippen molar-refractivity contribution in [2.75, 3.05) is 20.1 Å². The highest BCUT2D eigenvalue weighted by Crippen LogP contribution is 2.12. The van der Waals surface area contributed by atoms with Gasteiger partial charge >= 0.3 is 0 Å². The third-order valence-electron chi connectivity index (χ3n) is 4.50. The molecule has 132 valence electrons. The van der Waals surface area contributed by atoms with E-state index in [1.54, 1.807) is 27.7 Å². The number of hydrogen-bond acceptors (Lipinski definition) is 3. The van der Waals surface area contributed by atoms with E-state index in [9.17, 15) is 9.59 Å². The monoisotopic (exact) mass is 340 g/mol. The smallest absolute Gasteiger partial charge is 0.242 e. The van der Waals surface area contributed by atoms with Gasteiger partial charge in [0, 0.05) is 38.3 Å². The third kappa shape index (κ3) is 4.47. The lowest BCUT2D eigenvalue weighted by atomic mass is 10.2. The van der Waals surface area contributed by atoms with Crippen LogP contribution < -0.4 is 0 Å². The van der Waals surface area contributed by atoms with Crippen LogP contribution >= 0.6 is 0 Å². The van der Waals surface area contributed by atoms with Crippen molar-refractivity contribution in [2.45, 2.75) is 32.2 Å². The molecule has 6 nitrogen and oxygen atoms in total. The van der Waals surface area contributed by atoms with Gasteiger partial charge in [0.2, 0.25) is 11.8 Å². The number of hydrogen-bond donors (Lipinski definition) is 0. The first-order valence-corrected chi connectivity index (χ1v) is 8.74. The van der Waals surface area contributed by atoms with Crippen LogP contribution in [0.15, 0.2) is 42.7 Å². The maximum Gasteiger partial charge on any atom is 0.242 e. The molecule has 1 aromatic heterocycles. The molecule has 25 heavy (non-hydrogen) atoms. The van der Waals surface area contributed by atoms with E-state index >= 15 is 0 Å². The maximum absolute atomic E-state index is 12.5. The molecule has 1 saturated heterocycles. The number of likely N-dealkylation sites (N-methyl/N-ethyl adjacent to an activating group) is 1. The average Bonchev–Trinajstić information content (AvgIpc) is 3.00. The first kappa shape index (κ1) is 17.2. The Morgan fingerprint density at radius 2 is 2.00 bits per heavy atom. The molecule has 1 aliphatic heterocycles. The standard InChI is InChI=1S/C19H24N4O2/c1-21(19(25)15-22-11-7-3-6-10-18(22)24)13-16-12-20-23(14-16)17-8-4-2-5-9-17/h2,4-5,8-9,12,14H,3,6-7,10-11,13,15H2,1H3. The zero-order valence-electron chi connectivity index (χ0n) is 14.6. The summed E-state index contributed by atoms with van der Waals surface area (Å²) >= 11 is 0. The van der Waals surface area contributed by atoms with Gasteiger partial charge in [-0.15, -0.1) is 0 Å². The molecule has 0 aliphatic carbocycles. The summed E-state index contributed by atoms with van der Waals surface area (Å²) in [6.45, 7) is 1.33. The molecule has 2 amide bonds. The van der Waals surface area contributed by atoms with E-state index < -0.39 is 0 Å². The van der Waals surface area contributed by atoms with Gasteiger partial charge in [-0.05, 0) is 25.0 Å². The van der Waals surface area contributed by atoms with Crippen LogP contribution in [-0.4, -0.2) is 51.5 Å². The summed E-state index contributed by atoms with van der Waals surface area (Å²) in [5, 5.41) is 4.35. The van der Waals surface area contributed by atoms with Crippen LogP contribution in [0.1, 0.15) is 31.2 Å². The van der Waals surface area contributed by atoms with Crippen molar-refractivity contribution in [1.29, 1.82) is 0 Å². The third-order valence-corrected chi connectivity index (χ3v) is 4.50. The number of nitrogens with zero attached hydrogens (tertiary/aromatic N) is 4. The molecule has 1 fully saturated rings. The number of carbonyl (C=O) groups is 2. The van der Waals surface area contributed by atoms with Gasteiger partial charge in [0.25, 0.3) is 0 Å². The highest BCUT2D eigenvalue weighted by Gasteiger charge is 2.21. The van der Waals surface area contributed by atoms with Crippen molar-refractivity contribution >= 4 is 11.8 Å². The number of rotatable bonds is 5. The molecule has 6 heteroatoms. The second kappa shape index (κ2) is 7.96. The van der Waals surface area contributed by atoms with E-state index in [0.29, 0.717) is 19.5 Å². The van der Waals surface area contributed by atoms with Crippen molar-refractivity contribution < 1.29 is 9.59 Å². The summed E-state index contributed by atoms with van der Waals surface area (Å²) in [6, 6.07) is 9.85. The summed E-state index contributed by atoms with van der Waals surface area (Å²) in [4.78, 5) is 27.8. The molecule has 1 aromatic carbocycles. The van der Waals surface area contributed by atoms with E-state index in [1.807, 2.05) is 36.5 Å². The lowest BCUT2D eigenvalue weighted by Gasteiger charge is -2.23. The largest absolute Gasteiger partial charge is 0.340 e. The first-order chi connectivity index (χ1) is 12.1. The number of aromatic nitrogens is 2. The Hall–Kier alpha value is -2.63. The van der Waals surface area contributed by atoms with Gasteiger partial charge in [0.1, 0.15) is 0 Å². The maximum atomic E-state index is 12.5. The van der Waals surface area contributed by atoms with Gasteiger partial charge < -0.3 is 9.80 Å². The van der Waals surface area contributed by atoms with Crippen LogP contribution in [0, 0.1) is 0 Å². The predicted molar refractivity (Wildman–Crippen MR) is 95.1 cm³/mol. The molecule has 0 N–H and O–H groups in total. The summed E-state index contributed by atoms with van der Waals surface area (Å²) in [7, 11) is 1.77. The Bertz CT molecular complexity index is 726. The molecule has 0 saturated carbocycles. The van der Waals surface area contributed by atoms with Gasteiger partial charge in [-0.25, -0.2) is 4.68 Å². The molecule has 0 atom stereocenters. The van der Waals surface area contributed by atoms with Crippen molar-refractivity contribution in [3.63, 3.8) is 0 Å². The minimum Gasteiger partial charge on any atom is -0.340 e. The lowest BCUT2D eigenvalue weighted by molar-refractivity contribution is -0.139. The molecule has 2 heterocycles. The summed E-state index contributed by atoms with van der Waals surface area (Å²) in [5.74, 6) is 0.0545. The van der Waals surface area contributed by atoms with Crippen molar-refractivity contribution in [3.8, 4) is 5.69 Å². The van der Waals surface area contributed by atoms with Crippen LogP contribution in [0.4, 0.5) is 0 Å². The Kier molecular flexibility index (Phi) is 5.48. The van der Waals surface area contributed by atoms with Gasteiger partial charge in [0.05, 0.1) is 18.4 Å². The second-order valence-electron chi connectivity index (χ2n) is 6.50. The average molecular weight is 340 g/mol. The Morgan fingerprint density at radius 3 is 2.80 bits per heavy atom. The van der Waals surface area contributed by atoms with Gasteiger partial charge in [0.15, 0.2) is 0 Å². The number of amides is 2. The van der Waals surface area contributed by atoms with Crippen LogP contribution in [0.25, 0.3) is 5.69 Å². The van der Waals surface area contributed by atoms with Crippen LogP contribution in [0.5, 0.6) is 0 Å². The predicted octanol–water partition coefficient (Wildman–Crippen LogP) is 2.23. The summed E-state index contributed by atoms with van der Waals surface area (Å²) in [6.07, 6.45) is 7.22. The van der Waals surface area contributed by atoms with Crippen molar-refractivity contribution in [1.82, 2.24) is 19.6 Å². The molecular formula is C19H24N4O2. The van der Waals surface area contributed by atoms with E-state index in [1.165, 1.54) is 0 Å². The Balaban J connectivity index is 1.58. The quantitative estimate of drug-likeness (QED) is 0.839. The lowest BCUT2D eigenvalue weighted by Crippen LogP contribution is -2.41. The molecule has 3 rings (SSSR count). The molecule has 0 bridgehead atoms. The van der Waals surface area contributed by atoms with E-state index in [4.69, 9.17) is 0 Å². The van der Waals surface area contributed by atoms with E-state index in [0.717, 1.165) is 30.5 Å². The Morgan fingerprint density at radius 1 is 1.20 bits per heavy atom. The zero-order valence-corrected chi connectivity index (χ0v) is 14.6. The molecule has 0 unspecified atom stereocenters. The molecule has 1 aliphatic rings. The van der Waals surface area contributed by atoms with Crippen molar-refractivity contribution in [3.05, 3.63) is 48.3 Å². The Labute approximate surface area is 148 Å². The van der Waals surface area contributed by atoms with Crippen LogP contribution in [-0.2, 0) is 16.1 Å². The van der Waals surface area contributed by atoms with Gasteiger partial charge in [-0.2, -0.15) is 5.10 Å². The molecule has 0 spiro atoms. The SMILES string of the molecule is CN(Cc1cnn(-c2ccccc2)c1)C(=O)CN1CCCCCC1=O. The fourth-order valence-electron chi connectivity index (χ4n) is 3.02. The second-order valence-corrected chi connectivity index (χ2v) is 6.50. The number of para-hydroxylation sites is 1. The molecular weight excluding hydrogens is 316 g/mol. The van der Waals surface area contributed by atoms with Gasteiger partial charge in [-0.3, -0.25) is 9.59 Å². The normalized spacial score (nSPS) is 15.1. The van der Waals surface area contributed by atoms with Gasteiger partial charge in [-0.1, -0.05) is 24.6 Å². The van der Waals surface area contributed by atoms with E-state index in [2.05, 4.69) is 5.10 Å². The van der Waals surface area contributed by atoms with Crippen molar-refractivity contribution in [2.24, 2.45) is 0 Å². The summed E-state index contributed by atoms with van der Waals surface area (Å²) < 4.78 is 1.80. The number of likely N-dealkylation sites (tertiary alicyclic amines) is 1. The molecule has 0 radical (unpaired) electrons. The van der Waals surface area contributed by atoms with Crippen LogP contribution in [0.3, 0.4) is 0 Å². The highest BCUT2D eigenvalue weighted by atomic mass is 16.2. The highest BCUT2D eigenvalue weighted by molar-refractivity contribution is 5.84. The fourth-order valence-corrected chi connectivity index (χ4v) is 3.02. The minimum absolute atomic E-state index is 0.0392. The number of benzene rings is 1.